The van der Waals surface area contributed by atoms with E-state index in [2.05, 4.69) is 18.8 Å². The maximum absolute atomic E-state index is 13.1. The number of nitrogens with zero attached hydrogens (tertiary/aromatic N) is 1. The Kier molecular flexibility index (Phi) is 5.70. The second kappa shape index (κ2) is 7.07. The summed E-state index contributed by atoms with van der Waals surface area (Å²) in [5, 5.41) is 3.30. The van der Waals surface area contributed by atoms with Crippen molar-refractivity contribution < 1.29 is 4.39 Å². The van der Waals surface area contributed by atoms with Crippen LogP contribution in [0.5, 0.6) is 0 Å². The van der Waals surface area contributed by atoms with Gasteiger partial charge < -0.3 is 10.2 Å². The van der Waals surface area contributed by atoms with Crippen molar-refractivity contribution in [2.75, 3.05) is 31.6 Å². The third-order valence-corrected chi connectivity index (χ3v) is 2.51. The molecule has 3 heteroatoms. The van der Waals surface area contributed by atoms with Crippen LogP contribution in [0.3, 0.4) is 0 Å². The maximum Gasteiger partial charge on any atom is 0.125 e. The number of benzene rings is 1. The van der Waals surface area contributed by atoms with Crippen molar-refractivity contribution >= 4 is 5.69 Å². The number of nitrogens with one attached hydrogen (secondary N) is 1. The maximum atomic E-state index is 13.1. The molecule has 0 fully saturated rings. The molecule has 1 N–H and O–H groups in total. The van der Waals surface area contributed by atoms with Gasteiger partial charge in [-0.3, -0.25) is 0 Å². The van der Waals surface area contributed by atoms with Crippen LogP contribution in [-0.2, 0) is 0 Å². The van der Waals surface area contributed by atoms with Crippen LogP contribution in [0, 0.1) is 5.82 Å². The van der Waals surface area contributed by atoms with E-state index < -0.39 is 0 Å². The zero-order valence-corrected chi connectivity index (χ0v) is 10.7. The molecule has 94 valence electrons. The molecule has 0 aliphatic carbocycles. The SMILES string of the molecule is C=C(CNCCC)CN(C)c1cccc(F)c1. The molecule has 0 saturated carbocycles. The fourth-order valence-electron chi connectivity index (χ4n) is 1.64. The van der Waals surface area contributed by atoms with E-state index in [0.29, 0.717) is 0 Å². The average molecular weight is 236 g/mol. The second-order valence-electron chi connectivity index (χ2n) is 4.26. The molecule has 0 bridgehead atoms. The molecular formula is C14H21FN2. The zero-order chi connectivity index (χ0) is 12.7. The summed E-state index contributed by atoms with van der Waals surface area (Å²) in [6.45, 7) is 8.70. The number of halogens is 1. The monoisotopic (exact) mass is 236 g/mol. The molecule has 0 unspecified atom stereocenters. The highest BCUT2D eigenvalue weighted by molar-refractivity contribution is 5.46. The van der Waals surface area contributed by atoms with Gasteiger partial charge in [-0.15, -0.1) is 0 Å². The molecule has 17 heavy (non-hydrogen) atoms. The van der Waals surface area contributed by atoms with E-state index in [-0.39, 0.29) is 5.82 Å². The van der Waals surface area contributed by atoms with Crippen LogP contribution in [0.4, 0.5) is 10.1 Å². The summed E-state index contributed by atoms with van der Waals surface area (Å²) in [5.74, 6) is -0.205. The molecular weight excluding hydrogens is 215 g/mol. The largest absolute Gasteiger partial charge is 0.370 e. The third kappa shape index (κ3) is 5.00. The minimum Gasteiger partial charge on any atom is -0.370 e. The first-order valence-corrected chi connectivity index (χ1v) is 5.97. The summed E-state index contributed by atoms with van der Waals surface area (Å²) in [6.07, 6.45) is 1.12. The van der Waals surface area contributed by atoms with Gasteiger partial charge in [-0.2, -0.15) is 0 Å². The Hall–Kier alpha value is -1.35. The van der Waals surface area contributed by atoms with Crippen molar-refractivity contribution in [3.8, 4) is 0 Å². The van der Waals surface area contributed by atoms with Gasteiger partial charge in [0, 0.05) is 25.8 Å². The molecule has 0 heterocycles. The van der Waals surface area contributed by atoms with Crippen molar-refractivity contribution in [3.63, 3.8) is 0 Å². The van der Waals surface area contributed by atoms with Gasteiger partial charge in [0.2, 0.25) is 0 Å². The van der Waals surface area contributed by atoms with Crippen molar-refractivity contribution in [1.29, 1.82) is 0 Å². The van der Waals surface area contributed by atoms with Crippen LogP contribution in [0.15, 0.2) is 36.4 Å². The number of anilines is 1. The smallest absolute Gasteiger partial charge is 0.125 e. The minimum atomic E-state index is -0.205. The number of likely N-dealkylation sites (N-methyl/N-ethyl adjacent to an activating group) is 1. The number of rotatable bonds is 7. The lowest BCUT2D eigenvalue weighted by molar-refractivity contribution is 0.627. The van der Waals surface area contributed by atoms with Gasteiger partial charge in [0.1, 0.15) is 5.82 Å². The lowest BCUT2D eigenvalue weighted by atomic mass is 10.2. The predicted molar refractivity (Wildman–Crippen MR) is 72.0 cm³/mol. The molecule has 0 radical (unpaired) electrons. The summed E-state index contributed by atoms with van der Waals surface area (Å²) in [7, 11) is 1.94. The standard InChI is InChI=1S/C14H21FN2/c1-4-8-16-10-12(2)11-17(3)14-7-5-6-13(15)9-14/h5-7,9,16H,2,4,8,10-11H2,1,3H3. The van der Waals surface area contributed by atoms with Gasteiger partial charge in [-0.25, -0.2) is 4.39 Å². The lowest BCUT2D eigenvalue weighted by Gasteiger charge is -2.20. The molecule has 1 aromatic carbocycles. The summed E-state index contributed by atoms with van der Waals surface area (Å²) >= 11 is 0. The first kappa shape index (κ1) is 13.7. The molecule has 0 spiro atoms. The van der Waals surface area contributed by atoms with E-state index in [4.69, 9.17) is 0 Å². The number of hydrogen-bond acceptors (Lipinski definition) is 2. The predicted octanol–water partition coefficient (Wildman–Crippen LogP) is 2.82. The van der Waals surface area contributed by atoms with Crippen LogP contribution in [0.2, 0.25) is 0 Å². The van der Waals surface area contributed by atoms with E-state index in [1.165, 1.54) is 12.1 Å². The quantitative estimate of drug-likeness (QED) is 0.578. The van der Waals surface area contributed by atoms with Crippen LogP contribution in [-0.4, -0.2) is 26.7 Å². The number of hydrogen-bond donors (Lipinski definition) is 1. The van der Waals surface area contributed by atoms with Crippen LogP contribution in [0.25, 0.3) is 0 Å². The Morgan fingerprint density at radius 3 is 2.88 bits per heavy atom. The molecule has 0 amide bonds. The van der Waals surface area contributed by atoms with E-state index in [0.717, 1.165) is 37.3 Å². The highest BCUT2D eigenvalue weighted by Crippen LogP contribution is 2.14. The van der Waals surface area contributed by atoms with Gasteiger partial charge in [0.15, 0.2) is 0 Å². The molecule has 1 rings (SSSR count). The van der Waals surface area contributed by atoms with Gasteiger partial charge in [-0.05, 0) is 36.7 Å². The second-order valence-corrected chi connectivity index (χ2v) is 4.26. The lowest BCUT2D eigenvalue weighted by Crippen LogP contribution is -2.26. The fourth-order valence-corrected chi connectivity index (χ4v) is 1.64. The normalized spacial score (nSPS) is 10.3. The highest BCUT2D eigenvalue weighted by atomic mass is 19.1. The Morgan fingerprint density at radius 2 is 2.24 bits per heavy atom. The third-order valence-electron chi connectivity index (χ3n) is 2.51. The Balaban J connectivity index is 2.43. The van der Waals surface area contributed by atoms with Gasteiger partial charge in [-0.1, -0.05) is 19.6 Å². The van der Waals surface area contributed by atoms with E-state index in [1.54, 1.807) is 6.07 Å². The highest BCUT2D eigenvalue weighted by Gasteiger charge is 2.03. The Bertz CT molecular complexity index is 363. The minimum absolute atomic E-state index is 0.205. The van der Waals surface area contributed by atoms with Crippen LogP contribution < -0.4 is 10.2 Å². The molecule has 0 saturated heterocycles. The Morgan fingerprint density at radius 1 is 1.47 bits per heavy atom. The summed E-state index contributed by atoms with van der Waals surface area (Å²) in [6, 6.07) is 6.61. The van der Waals surface area contributed by atoms with Gasteiger partial charge in [0.25, 0.3) is 0 Å². The van der Waals surface area contributed by atoms with Crippen molar-refractivity contribution in [3.05, 3.63) is 42.2 Å². The van der Waals surface area contributed by atoms with Crippen molar-refractivity contribution in [1.82, 2.24) is 5.32 Å². The van der Waals surface area contributed by atoms with Crippen molar-refractivity contribution in [2.24, 2.45) is 0 Å². The first-order valence-electron chi connectivity index (χ1n) is 5.97. The molecule has 0 aromatic heterocycles. The summed E-state index contributed by atoms with van der Waals surface area (Å²) < 4.78 is 13.1. The van der Waals surface area contributed by atoms with Crippen molar-refractivity contribution in [2.45, 2.75) is 13.3 Å². The van der Waals surface area contributed by atoms with Crippen LogP contribution in [0.1, 0.15) is 13.3 Å². The molecule has 0 aliphatic rings. The average Bonchev–Trinajstić information content (AvgIpc) is 2.29. The zero-order valence-electron chi connectivity index (χ0n) is 10.7. The van der Waals surface area contributed by atoms with E-state index in [9.17, 15) is 4.39 Å². The molecule has 0 atom stereocenters. The Labute approximate surface area is 103 Å². The first-order chi connectivity index (χ1) is 8.13. The topological polar surface area (TPSA) is 15.3 Å². The molecule has 2 nitrogen and oxygen atoms in total. The molecule has 0 aliphatic heterocycles. The summed E-state index contributed by atoms with van der Waals surface area (Å²) in [5.41, 5.74) is 1.98. The summed E-state index contributed by atoms with van der Waals surface area (Å²) in [4.78, 5) is 2.00. The van der Waals surface area contributed by atoms with Gasteiger partial charge >= 0.3 is 0 Å². The molecule has 1 aromatic rings. The van der Waals surface area contributed by atoms with E-state index in [1.807, 2.05) is 18.0 Å². The van der Waals surface area contributed by atoms with Gasteiger partial charge in [0.05, 0.1) is 0 Å². The fraction of sp³-hybridized carbons (Fsp3) is 0.429. The van der Waals surface area contributed by atoms with Crippen LogP contribution >= 0.6 is 0 Å². The van der Waals surface area contributed by atoms with E-state index >= 15 is 0 Å².